The molecular formula is C14H12ClNO4S. The Labute approximate surface area is 129 Å². The van der Waals surface area contributed by atoms with Gasteiger partial charge >= 0.3 is 5.97 Å². The van der Waals surface area contributed by atoms with Crippen molar-refractivity contribution in [3.8, 4) is 5.75 Å². The predicted molar refractivity (Wildman–Crippen MR) is 81.8 cm³/mol. The van der Waals surface area contributed by atoms with Gasteiger partial charge < -0.3 is 15.5 Å². The van der Waals surface area contributed by atoms with Gasteiger partial charge in [0.05, 0.1) is 10.6 Å². The van der Waals surface area contributed by atoms with Gasteiger partial charge in [-0.1, -0.05) is 11.6 Å². The zero-order valence-electron chi connectivity index (χ0n) is 11.2. The highest BCUT2D eigenvalue weighted by Crippen LogP contribution is 2.33. The SMILES string of the molecule is Cc1sc(NC(=O)c2ccc(O)c(Cl)c2)c(C(=O)O)c1C. The number of anilines is 1. The van der Waals surface area contributed by atoms with Crippen LogP contribution >= 0.6 is 22.9 Å². The third kappa shape index (κ3) is 3.01. The second-order valence-corrected chi connectivity index (χ2v) is 6.04. The van der Waals surface area contributed by atoms with Gasteiger partial charge in [-0.25, -0.2) is 4.79 Å². The number of rotatable bonds is 3. The number of phenolic OH excluding ortho intramolecular Hbond substituents is 1. The molecule has 0 atom stereocenters. The monoisotopic (exact) mass is 325 g/mol. The molecule has 0 bridgehead atoms. The number of carbonyl (C=O) groups is 2. The number of carboxylic acid groups (broad SMARTS) is 1. The second kappa shape index (κ2) is 5.75. The van der Waals surface area contributed by atoms with Crippen LogP contribution in [0.15, 0.2) is 18.2 Å². The summed E-state index contributed by atoms with van der Waals surface area (Å²) >= 11 is 6.95. The molecule has 0 saturated heterocycles. The number of nitrogens with one attached hydrogen (secondary N) is 1. The Hall–Kier alpha value is -2.05. The fourth-order valence-electron chi connectivity index (χ4n) is 1.80. The van der Waals surface area contributed by atoms with Crippen LogP contribution in [0.2, 0.25) is 5.02 Å². The van der Waals surface area contributed by atoms with Crippen molar-refractivity contribution in [3.05, 3.63) is 44.8 Å². The zero-order valence-corrected chi connectivity index (χ0v) is 12.8. The Morgan fingerprint density at radius 1 is 1.29 bits per heavy atom. The fraction of sp³-hybridized carbons (Fsp3) is 0.143. The first-order valence-corrected chi connectivity index (χ1v) is 7.14. The molecule has 21 heavy (non-hydrogen) atoms. The minimum Gasteiger partial charge on any atom is -0.506 e. The van der Waals surface area contributed by atoms with Crippen molar-refractivity contribution in [2.45, 2.75) is 13.8 Å². The van der Waals surface area contributed by atoms with E-state index in [1.807, 2.05) is 0 Å². The molecule has 1 heterocycles. The highest BCUT2D eigenvalue weighted by molar-refractivity contribution is 7.16. The van der Waals surface area contributed by atoms with E-state index in [2.05, 4.69) is 5.32 Å². The Balaban J connectivity index is 2.33. The molecule has 1 amide bonds. The van der Waals surface area contributed by atoms with Crippen LogP contribution < -0.4 is 5.32 Å². The third-order valence-corrected chi connectivity index (χ3v) is 4.46. The van der Waals surface area contributed by atoms with Gasteiger partial charge in [-0.15, -0.1) is 11.3 Å². The maximum atomic E-state index is 12.1. The predicted octanol–water partition coefficient (Wildman–Crippen LogP) is 3.67. The van der Waals surface area contributed by atoms with Gasteiger partial charge in [0.15, 0.2) is 0 Å². The normalized spacial score (nSPS) is 10.4. The van der Waals surface area contributed by atoms with Crippen molar-refractivity contribution in [1.29, 1.82) is 0 Å². The Morgan fingerprint density at radius 3 is 2.52 bits per heavy atom. The minimum absolute atomic E-state index is 0.0552. The number of aromatic carboxylic acids is 1. The summed E-state index contributed by atoms with van der Waals surface area (Å²) in [6.45, 7) is 3.49. The molecule has 3 N–H and O–H groups in total. The Bertz CT molecular complexity index is 739. The molecule has 2 aromatic rings. The average Bonchev–Trinajstić information content (AvgIpc) is 2.68. The number of hydrogen-bond acceptors (Lipinski definition) is 4. The number of phenols is 1. The maximum absolute atomic E-state index is 12.1. The molecule has 2 rings (SSSR count). The van der Waals surface area contributed by atoms with Gasteiger partial charge in [0.2, 0.25) is 0 Å². The molecular weight excluding hydrogens is 314 g/mol. The first-order valence-electron chi connectivity index (χ1n) is 5.94. The van der Waals surface area contributed by atoms with Crippen LogP contribution in [0.5, 0.6) is 5.75 Å². The van der Waals surface area contributed by atoms with E-state index in [1.54, 1.807) is 13.8 Å². The standard InChI is InChI=1S/C14H12ClNO4S/c1-6-7(2)21-13(11(6)14(19)20)16-12(18)8-3-4-10(17)9(15)5-8/h3-5,17H,1-2H3,(H,16,18)(H,19,20). The highest BCUT2D eigenvalue weighted by atomic mass is 35.5. The second-order valence-electron chi connectivity index (χ2n) is 4.41. The van der Waals surface area contributed by atoms with Crippen molar-refractivity contribution in [2.75, 3.05) is 5.32 Å². The summed E-state index contributed by atoms with van der Waals surface area (Å²) in [6, 6.07) is 4.03. The van der Waals surface area contributed by atoms with Crippen LogP contribution in [-0.2, 0) is 0 Å². The smallest absolute Gasteiger partial charge is 0.338 e. The number of benzene rings is 1. The molecule has 0 aliphatic rings. The maximum Gasteiger partial charge on any atom is 0.338 e. The van der Waals surface area contributed by atoms with Crippen molar-refractivity contribution in [1.82, 2.24) is 0 Å². The molecule has 0 unspecified atom stereocenters. The van der Waals surface area contributed by atoms with Gasteiger partial charge in [0.25, 0.3) is 5.91 Å². The topological polar surface area (TPSA) is 86.6 Å². The van der Waals surface area contributed by atoms with E-state index in [0.29, 0.717) is 5.56 Å². The molecule has 5 nitrogen and oxygen atoms in total. The first kappa shape index (κ1) is 15.3. The molecule has 1 aromatic carbocycles. The molecule has 0 fully saturated rings. The number of thiophene rings is 1. The lowest BCUT2D eigenvalue weighted by Gasteiger charge is -2.06. The number of carbonyl (C=O) groups excluding carboxylic acids is 1. The average molecular weight is 326 g/mol. The van der Waals surface area contributed by atoms with Crippen LogP contribution in [0.3, 0.4) is 0 Å². The van der Waals surface area contributed by atoms with Crippen LogP contribution in [0.1, 0.15) is 31.2 Å². The minimum atomic E-state index is -1.09. The van der Waals surface area contributed by atoms with Crippen molar-refractivity contribution in [2.24, 2.45) is 0 Å². The number of amides is 1. The van der Waals surface area contributed by atoms with Crippen LogP contribution in [-0.4, -0.2) is 22.1 Å². The van der Waals surface area contributed by atoms with Crippen LogP contribution in [0.25, 0.3) is 0 Å². The summed E-state index contributed by atoms with van der Waals surface area (Å²) in [4.78, 5) is 24.2. The lowest BCUT2D eigenvalue weighted by atomic mass is 10.1. The van der Waals surface area contributed by atoms with Crippen molar-refractivity contribution in [3.63, 3.8) is 0 Å². The van der Waals surface area contributed by atoms with Gasteiger partial charge in [-0.2, -0.15) is 0 Å². The number of carboxylic acids is 1. The fourth-order valence-corrected chi connectivity index (χ4v) is 3.02. The van der Waals surface area contributed by atoms with Crippen LogP contribution in [0, 0.1) is 13.8 Å². The zero-order chi connectivity index (χ0) is 15.7. The van der Waals surface area contributed by atoms with Gasteiger partial charge in [-0.05, 0) is 37.6 Å². The molecule has 0 radical (unpaired) electrons. The van der Waals surface area contributed by atoms with E-state index < -0.39 is 11.9 Å². The third-order valence-electron chi connectivity index (χ3n) is 3.04. The van der Waals surface area contributed by atoms with Gasteiger partial charge in [0.1, 0.15) is 10.8 Å². The van der Waals surface area contributed by atoms with Gasteiger partial charge in [-0.3, -0.25) is 4.79 Å². The number of hydrogen-bond donors (Lipinski definition) is 3. The summed E-state index contributed by atoms with van der Waals surface area (Å²) in [5.41, 5.74) is 0.958. The highest BCUT2D eigenvalue weighted by Gasteiger charge is 2.21. The molecule has 0 spiro atoms. The van der Waals surface area contributed by atoms with E-state index in [1.165, 1.54) is 29.5 Å². The molecule has 1 aromatic heterocycles. The Morgan fingerprint density at radius 2 is 1.95 bits per heavy atom. The molecule has 0 saturated carbocycles. The number of aromatic hydroxyl groups is 1. The summed E-state index contributed by atoms with van der Waals surface area (Å²) < 4.78 is 0. The quantitative estimate of drug-likeness (QED) is 0.803. The van der Waals surface area contributed by atoms with E-state index >= 15 is 0 Å². The van der Waals surface area contributed by atoms with Crippen LogP contribution in [0.4, 0.5) is 5.00 Å². The molecule has 7 heteroatoms. The number of halogens is 1. The lowest BCUT2D eigenvalue weighted by Crippen LogP contribution is -2.13. The van der Waals surface area contributed by atoms with E-state index in [4.69, 9.17) is 11.6 Å². The largest absolute Gasteiger partial charge is 0.506 e. The van der Waals surface area contributed by atoms with Crippen molar-refractivity contribution >= 4 is 39.8 Å². The summed E-state index contributed by atoms with van der Waals surface area (Å²) in [5.74, 6) is -1.70. The molecule has 0 aliphatic carbocycles. The number of aryl methyl sites for hydroxylation is 1. The van der Waals surface area contributed by atoms with Gasteiger partial charge in [0, 0.05) is 10.4 Å². The van der Waals surface area contributed by atoms with E-state index in [0.717, 1.165) is 4.88 Å². The first-order chi connectivity index (χ1) is 9.81. The van der Waals surface area contributed by atoms with E-state index in [-0.39, 0.29) is 26.9 Å². The molecule has 110 valence electrons. The summed E-state index contributed by atoms with van der Waals surface area (Å²) in [7, 11) is 0. The Kier molecular flexibility index (Phi) is 4.20. The summed E-state index contributed by atoms with van der Waals surface area (Å²) in [5, 5.41) is 21.5. The van der Waals surface area contributed by atoms with Crippen molar-refractivity contribution < 1.29 is 19.8 Å². The lowest BCUT2D eigenvalue weighted by molar-refractivity contribution is 0.0697. The van der Waals surface area contributed by atoms with E-state index in [9.17, 15) is 19.8 Å². The molecule has 0 aliphatic heterocycles. The summed E-state index contributed by atoms with van der Waals surface area (Å²) in [6.07, 6.45) is 0.